The van der Waals surface area contributed by atoms with Crippen molar-refractivity contribution in [1.29, 1.82) is 0 Å². The predicted molar refractivity (Wildman–Crippen MR) is 97.8 cm³/mol. The number of hydrogen-bond acceptors (Lipinski definition) is 6. The normalized spacial score (nSPS) is 10.6. The molecule has 0 aliphatic rings. The number of ether oxygens (including phenoxy) is 4. The molecule has 2 rings (SSSR count). The van der Waals surface area contributed by atoms with Gasteiger partial charge in [-0.05, 0) is 29.3 Å². The Balaban J connectivity index is 2.36. The first-order valence-corrected chi connectivity index (χ1v) is 7.56. The summed E-state index contributed by atoms with van der Waals surface area (Å²) in [6, 6.07) is 8.77. The van der Waals surface area contributed by atoms with E-state index >= 15 is 0 Å². The monoisotopic (exact) mass is 344 g/mol. The van der Waals surface area contributed by atoms with Crippen molar-refractivity contribution in [3.8, 4) is 23.0 Å². The lowest BCUT2D eigenvalue weighted by Gasteiger charge is -2.13. The van der Waals surface area contributed by atoms with Crippen LogP contribution in [0.1, 0.15) is 11.1 Å². The lowest BCUT2D eigenvalue weighted by molar-refractivity contribution is 0.324. The minimum Gasteiger partial charge on any atom is -0.497 e. The van der Waals surface area contributed by atoms with Crippen LogP contribution in [0.15, 0.2) is 30.3 Å². The van der Waals surface area contributed by atoms with Crippen molar-refractivity contribution in [1.82, 2.24) is 0 Å². The first-order valence-electron chi connectivity index (χ1n) is 7.56. The third-order valence-corrected chi connectivity index (χ3v) is 3.69. The van der Waals surface area contributed by atoms with E-state index in [2.05, 4.69) is 0 Å². The largest absolute Gasteiger partial charge is 0.497 e. The Morgan fingerprint density at radius 3 is 1.72 bits per heavy atom. The van der Waals surface area contributed by atoms with Gasteiger partial charge in [0.25, 0.3) is 0 Å². The summed E-state index contributed by atoms with van der Waals surface area (Å²) in [5.41, 5.74) is 2.02. The van der Waals surface area contributed by atoms with Gasteiger partial charge in [-0.25, -0.2) is 0 Å². The molecule has 132 valence electrons. The maximum absolute atomic E-state index is 9.32. The van der Waals surface area contributed by atoms with Crippen molar-refractivity contribution in [2.75, 3.05) is 28.4 Å². The first-order chi connectivity index (χ1) is 12.0. The van der Waals surface area contributed by atoms with Crippen molar-refractivity contribution >= 4 is 24.7 Å². The van der Waals surface area contributed by atoms with Crippen LogP contribution in [-0.4, -0.2) is 45.6 Å². The van der Waals surface area contributed by atoms with Gasteiger partial charge < -0.3 is 29.0 Å². The third-order valence-electron chi connectivity index (χ3n) is 3.69. The molecule has 6 nitrogen and oxygen atoms in total. The van der Waals surface area contributed by atoms with Crippen LogP contribution in [0.4, 0.5) is 0 Å². The fraction of sp³-hybridized carbons (Fsp3) is 0.222. The molecule has 25 heavy (non-hydrogen) atoms. The number of methoxy groups -OCH3 is 4. The molecular formula is C18H21BO6. The summed E-state index contributed by atoms with van der Waals surface area (Å²) in [4.78, 5) is 0. The second-order valence-corrected chi connectivity index (χ2v) is 5.17. The van der Waals surface area contributed by atoms with Gasteiger partial charge in [0.1, 0.15) is 5.75 Å². The van der Waals surface area contributed by atoms with Gasteiger partial charge in [0.05, 0.1) is 28.4 Å². The van der Waals surface area contributed by atoms with E-state index in [1.54, 1.807) is 39.5 Å². The highest BCUT2D eigenvalue weighted by Crippen LogP contribution is 2.38. The van der Waals surface area contributed by atoms with Crippen LogP contribution in [0.3, 0.4) is 0 Å². The fourth-order valence-electron chi connectivity index (χ4n) is 2.43. The minimum absolute atomic E-state index is 0.312. The van der Waals surface area contributed by atoms with Crippen LogP contribution in [-0.2, 0) is 0 Å². The quantitative estimate of drug-likeness (QED) is 0.587. The maximum Gasteiger partial charge on any atom is 0.492 e. The van der Waals surface area contributed by atoms with E-state index in [1.165, 1.54) is 7.11 Å². The van der Waals surface area contributed by atoms with Crippen LogP contribution < -0.4 is 24.4 Å². The Morgan fingerprint density at radius 1 is 0.720 bits per heavy atom. The molecular weight excluding hydrogens is 323 g/mol. The summed E-state index contributed by atoms with van der Waals surface area (Å²) < 4.78 is 21.2. The van der Waals surface area contributed by atoms with E-state index in [0.717, 1.165) is 11.1 Å². The highest BCUT2D eigenvalue weighted by Gasteiger charge is 2.16. The molecule has 0 saturated carbocycles. The molecule has 0 aromatic heterocycles. The molecule has 2 N–H and O–H groups in total. The SMILES string of the molecule is COc1cc(/C=C/c2cc(OC)c(OC)c(OC)c2)ccc1B(O)O. The Bertz CT molecular complexity index is 732. The molecule has 0 aliphatic carbocycles. The molecule has 0 unspecified atom stereocenters. The summed E-state index contributed by atoms with van der Waals surface area (Å²) in [5.74, 6) is 2.07. The maximum atomic E-state index is 9.32. The van der Waals surface area contributed by atoms with Gasteiger partial charge in [0, 0.05) is 5.46 Å². The van der Waals surface area contributed by atoms with Crippen LogP contribution in [0.25, 0.3) is 12.2 Å². The summed E-state index contributed by atoms with van der Waals surface area (Å²) in [6.45, 7) is 0. The van der Waals surface area contributed by atoms with Crippen LogP contribution in [0, 0.1) is 0 Å². The van der Waals surface area contributed by atoms with Crippen molar-refractivity contribution in [2.24, 2.45) is 0 Å². The molecule has 0 heterocycles. The van der Waals surface area contributed by atoms with Gasteiger partial charge in [0.15, 0.2) is 11.5 Å². The Kier molecular flexibility index (Phi) is 6.33. The minimum atomic E-state index is -1.58. The zero-order chi connectivity index (χ0) is 18.4. The standard InChI is InChI=1S/C18H21BO6/c1-22-15-9-12(7-8-14(15)19(20)21)5-6-13-10-16(23-2)18(25-4)17(11-13)24-3/h5-11,20-21H,1-4H3/b6-5+. The Hall–Kier alpha value is -2.64. The highest BCUT2D eigenvalue weighted by molar-refractivity contribution is 6.59. The predicted octanol–water partition coefficient (Wildman–Crippen LogP) is 1.57. The lowest BCUT2D eigenvalue weighted by Crippen LogP contribution is -2.31. The third kappa shape index (κ3) is 4.26. The highest BCUT2D eigenvalue weighted by atomic mass is 16.5. The van der Waals surface area contributed by atoms with E-state index in [9.17, 15) is 10.0 Å². The van der Waals surface area contributed by atoms with Gasteiger partial charge in [-0.15, -0.1) is 0 Å². The topological polar surface area (TPSA) is 77.4 Å². The molecule has 0 aliphatic heterocycles. The van der Waals surface area contributed by atoms with E-state index in [-0.39, 0.29) is 0 Å². The Labute approximate surface area is 147 Å². The van der Waals surface area contributed by atoms with E-state index in [1.807, 2.05) is 24.3 Å². The van der Waals surface area contributed by atoms with Gasteiger partial charge in [-0.1, -0.05) is 24.3 Å². The summed E-state index contributed by atoms with van der Waals surface area (Å²) in [7, 11) is 4.58. The van der Waals surface area contributed by atoms with Crippen LogP contribution in [0.5, 0.6) is 23.0 Å². The molecule has 2 aromatic carbocycles. The van der Waals surface area contributed by atoms with E-state index < -0.39 is 7.12 Å². The molecule has 0 radical (unpaired) electrons. The van der Waals surface area contributed by atoms with E-state index in [0.29, 0.717) is 28.5 Å². The van der Waals surface area contributed by atoms with Gasteiger partial charge >= 0.3 is 7.12 Å². The van der Waals surface area contributed by atoms with Crippen LogP contribution >= 0.6 is 0 Å². The van der Waals surface area contributed by atoms with Crippen molar-refractivity contribution in [2.45, 2.75) is 0 Å². The molecule has 7 heteroatoms. The second-order valence-electron chi connectivity index (χ2n) is 5.17. The molecule has 2 aromatic rings. The van der Waals surface area contributed by atoms with Crippen molar-refractivity contribution in [3.63, 3.8) is 0 Å². The number of hydrogen-bond donors (Lipinski definition) is 2. The van der Waals surface area contributed by atoms with Gasteiger partial charge in [0.2, 0.25) is 5.75 Å². The molecule has 0 spiro atoms. The second kappa shape index (κ2) is 8.46. The number of benzene rings is 2. The summed E-state index contributed by atoms with van der Waals surface area (Å²) >= 11 is 0. The zero-order valence-electron chi connectivity index (χ0n) is 14.6. The molecule has 0 fully saturated rings. The van der Waals surface area contributed by atoms with Crippen LogP contribution in [0.2, 0.25) is 0 Å². The number of rotatable bonds is 7. The smallest absolute Gasteiger partial charge is 0.492 e. The molecule has 0 amide bonds. The van der Waals surface area contributed by atoms with Crippen molar-refractivity contribution in [3.05, 3.63) is 41.5 Å². The average Bonchev–Trinajstić information content (AvgIpc) is 2.64. The molecule has 0 bridgehead atoms. The zero-order valence-corrected chi connectivity index (χ0v) is 14.6. The lowest BCUT2D eigenvalue weighted by atomic mass is 9.79. The molecule has 0 atom stereocenters. The fourth-order valence-corrected chi connectivity index (χ4v) is 2.43. The summed E-state index contributed by atoms with van der Waals surface area (Å²) in [5, 5.41) is 18.6. The van der Waals surface area contributed by atoms with E-state index in [4.69, 9.17) is 18.9 Å². The van der Waals surface area contributed by atoms with Crippen molar-refractivity contribution < 1.29 is 29.0 Å². The van der Waals surface area contributed by atoms with Gasteiger partial charge in [-0.2, -0.15) is 0 Å². The average molecular weight is 344 g/mol. The Morgan fingerprint density at radius 2 is 1.24 bits per heavy atom. The van der Waals surface area contributed by atoms with Gasteiger partial charge in [-0.3, -0.25) is 0 Å². The first kappa shape index (κ1) is 18.7. The molecule has 0 saturated heterocycles. The summed E-state index contributed by atoms with van der Waals surface area (Å²) in [6.07, 6.45) is 3.76.